The summed E-state index contributed by atoms with van der Waals surface area (Å²) in [4.78, 5) is 11.8. The van der Waals surface area contributed by atoms with Crippen molar-refractivity contribution in [3.05, 3.63) is 53.6 Å². The summed E-state index contributed by atoms with van der Waals surface area (Å²) in [6.07, 6.45) is 4.34. The zero-order valence-corrected chi connectivity index (χ0v) is 14.1. The number of amides is 1. The summed E-state index contributed by atoms with van der Waals surface area (Å²) in [6.45, 7) is 2.47. The number of rotatable bonds is 6. The van der Waals surface area contributed by atoms with Gasteiger partial charge in [-0.25, -0.2) is 5.43 Å². The number of carbonyl (C=O) groups is 1. The largest absolute Gasteiger partial charge is 0.504 e. The van der Waals surface area contributed by atoms with Crippen molar-refractivity contribution in [1.29, 1.82) is 0 Å². The van der Waals surface area contributed by atoms with E-state index in [1.54, 1.807) is 36.4 Å². The lowest BCUT2D eigenvalue weighted by molar-refractivity contribution is -0.116. The van der Waals surface area contributed by atoms with Crippen LogP contribution in [-0.4, -0.2) is 30.6 Å². The number of phenolic OH excluding ortho intramolecular Hbond substituents is 1. The maximum absolute atomic E-state index is 11.8. The molecule has 0 radical (unpaired) electrons. The molecule has 2 aromatic carbocycles. The molecule has 1 heterocycles. The summed E-state index contributed by atoms with van der Waals surface area (Å²) in [6, 6.07) is 10.4. The highest BCUT2D eigenvalue weighted by Crippen LogP contribution is 2.32. The van der Waals surface area contributed by atoms with Gasteiger partial charge in [-0.15, -0.1) is 0 Å². The Morgan fingerprint density at radius 1 is 1.31 bits per heavy atom. The molecule has 26 heavy (non-hydrogen) atoms. The topological polar surface area (TPSA) is 89.4 Å². The van der Waals surface area contributed by atoms with Crippen molar-refractivity contribution in [1.82, 2.24) is 5.43 Å². The smallest absolute Gasteiger partial charge is 0.264 e. The highest BCUT2D eigenvalue weighted by molar-refractivity contribution is 5.93. The van der Waals surface area contributed by atoms with E-state index in [1.165, 1.54) is 12.3 Å². The quantitative estimate of drug-likeness (QED) is 0.473. The third-order valence-electron chi connectivity index (χ3n) is 3.53. The Morgan fingerprint density at radius 3 is 3.00 bits per heavy atom. The minimum Gasteiger partial charge on any atom is -0.504 e. The number of nitrogens with one attached hydrogen (secondary N) is 1. The van der Waals surface area contributed by atoms with Crippen LogP contribution in [0.2, 0.25) is 0 Å². The number of phenols is 1. The molecule has 0 bridgehead atoms. The van der Waals surface area contributed by atoms with Crippen molar-refractivity contribution >= 4 is 18.2 Å². The van der Waals surface area contributed by atoms with Crippen LogP contribution in [0.3, 0.4) is 0 Å². The summed E-state index contributed by atoms with van der Waals surface area (Å²) in [5.74, 6) is 1.27. The second kappa shape index (κ2) is 8.06. The Morgan fingerprint density at radius 2 is 2.15 bits per heavy atom. The molecule has 0 spiro atoms. The van der Waals surface area contributed by atoms with Crippen LogP contribution in [0.5, 0.6) is 23.0 Å². The zero-order chi connectivity index (χ0) is 18.4. The molecule has 1 aliphatic rings. The molecule has 0 fully saturated rings. The van der Waals surface area contributed by atoms with E-state index < -0.39 is 5.91 Å². The lowest BCUT2D eigenvalue weighted by atomic mass is 10.2. The van der Waals surface area contributed by atoms with Gasteiger partial charge in [-0.3, -0.25) is 4.79 Å². The first kappa shape index (κ1) is 17.3. The Balaban J connectivity index is 1.59. The third-order valence-corrected chi connectivity index (χ3v) is 3.53. The van der Waals surface area contributed by atoms with Gasteiger partial charge in [0.15, 0.2) is 23.0 Å². The molecule has 2 aromatic rings. The van der Waals surface area contributed by atoms with Crippen LogP contribution in [0.25, 0.3) is 6.08 Å². The molecule has 1 amide bonds. The molecule has 3 rings (SSSR count). The first-order valence-electron chi connectivity index (χ1n) is 8.03. The number of hydrogen-bond donors (Lipinski definition) is 2. The number of hydrazone groups is 1. The SMILES string of the molecule is CCOc1cccc(C=NNC(=O)C=Cc2ccc3c(c2)OCO3)c1O. The number of para-hydroxylation sites is 1. The van der Waals surface area contributed by atoms with Gasteiger partial charge < -0.3 is 19.3 Å². The van der Waals surface area contributed by atoms with Gasteiger partial charge in [-0.05, 0) is 42.8 Å². The van der Waals surface area contributed by atoms with Gasteiger partial charge in [0.2, 0.25) is 6.79 Å². The van der Waals surface area contributed by atoms with E-state index in [0.29, 0.717) is 29.4 Å². The number of aromatic hydroxyl groups is 1. The summed E-state index contributed by atoms with van der Waals surface area (Å²) in [5, 5.41) is 13.9. The highest BCUT2D eigenvalue weighted by Gasteiger charge is 2.12. The molecule has 0 atom stereocenters. The monoisotopic (exact) mass is 354 g/mol. The van der Waals surface area contributed by atoms with E-state index in [0.717, 1.165) is 5.56 Å². The van der Waals surface area contributed by atoms with Crippen molar-refractivity contribution in [3.8, 4) is 23.0 Å². The Hall–Kier alpha value is -3.48. The number of ether oxygens (including phenoxy) is 3. The first-order chi connectivity index (χ1) is 12.7. The Kier molecular flexibility index (Phi) is 5.38. The predicted octanol–water partition coefficient (Wildman–Crippen LogP) is 2.68. The average Bonchev–Trinajstić information content (AvgIpc) is 3.11. The fraction of sp³-hybridized carbons (Fsp3) is 0.158. The standard InChI is InChI=1S/C19H18N2O5/c1-2-24-16-5-3-4-14(19(16)23)11-20-21-18(22)9-7-13-6-8-15-17(10-13)26-12-25-15/h3-11,23H,2,12H2,1H3,(H,21,22). The molecule has 1 aliphatic heterocycles. The number of benzene rings is 2. The summed E-state index contributed by atoms with van der Waals surface area (Å²) >= 11 is 0. The zero-order valence-electron chi connectivity index (χ0n) is 14.1. The second-order valence-corrected chi connectivity index (χ2v) is 5.31. The molecule has 134 valence electrons. The maximum Gasteiger partial charge on any atom is 0.264 e. The van der Waals surface area contributed by atoms with Crippen LogP contribution in [0, 0.1) is 0 Å². The fourth-order valence-corrected chi connectivity index (χ4v) is 2.31. The molecule has 2 N–H and O–H groups in total. The van der Waals surface area contributed by atoms with E-state index in [2.05, 4.69) is 10.5 Å². The van der Waals surface area contributed by atoms with Crippen molar-refractivity contribution in [2.45, 2.75) is 6.92 Å². The molecule has 0 saturated heterocycles. The third kappa shape index (κ3) is 4.13. The number of carbonyl (C=O) groups excluding carboxylic acids is 1. The maximum atomic E-state index is 11.8. The van der Waals surface area contributed by atoms with Crippen molar-refractivity contribution in [2.24, 2.45) is 5.10 Å². The van der Waals surface area contributed by atoms with Gasteiger partial charge in [0.1, 0.15) is 0 Å². The molecule has 7 heteroatoms. The second-order valence-electron chi connectivity index (χ2n) is 5.31. The number of nitrogens with zero attached hydrogens (tertiary/aromatic N) is 1. The van der Waals surface area contributed by atoms with E-state index >= 15 is 0 Å². The Bertz CT molecular complexity index is 861. The summed E-state index contributed by atoms with van der Waals surface area (Å²) < 4.78 is 15.8. The minimum atomic E-state index is -0.403. The van der Waals surface area contributed by atoms with E-state index in [4.69, 9.17) is 14.2 Å². The van der Waals surface area contributed by atoms with Gasteiger partial charge in [0.25, 0.3) is 5.91 Å². The fourth-order valence-electron chi connectivity index (χ4n) is 2.31. The minimum absolute atomic E-state index is 0.0248. The highest BCUT2D eigenvalue weighted by atomic mass is 16.7. The van der Waals surface area contributed by atoms with Crippen LogP contribution in [0.1, 0.15) is 18.1 Å². The van der Waals surface area contributed by atoms with Crippen LogP contribution in [-0.2, 0) is 4.79 Å². The van der Waals surface area contributed by atoms with E-state index in [9.17, 15) is 9.90 Å². The summed E-state index contributed by atoms with van der Waals surface area (Å²) in [5.41, 5.74) is 3.61. The number of hydrogen-bond acceptors (Lipinski definition) is 6. The molecule has 0 aliphatic carbocycles. The predicted molar refractivity (Wildman–Crippen MR) is 96.6 cm³/mol. The van der Waals surface area contributed by atoms with Gasteiger partial charge >= 0.3 is 0 Å². The molecule has 0 aromatic heterocycles. The van der Waals surface area contributed by atoms with Crippen molar-refractivity contribution in [2.75, 3.05) is 13.4 Å². The van der Waals surface area contributed by atoms with Gasteiger partial charge in [-0.2, -0.15) is 5.10 Å². The molecular formula is C19H18N2O5. The van der Waals surface area contributed by atoms with Crippen molar-refractivity contribution < 1.29 is 24.1 Å². The average molecular weight is 354 g/mol. The van der Waals surface area contributed by atoms with Crippen LogP contribution < -0.4 is 19.6 Å². The lowest BCUT2D eigenvalue weighted by Gasteiger charge is -2.06. The van der Waals surface area contributed by atoms with Crippen LogP contribution in [0.15, 0.2) is 47.6 Å². The van der Waals surface area contributed by atoms with Gasteiger partial charge in [0, 0.05) is 11.6 Å². The molecule has 0 saturated carbocycles. The molecule has 7 nitrogen and oxygen atoms in total. The summed E-state index contributed by atoms with van der Waals surface area (Å²) in [7, 11) is 0. The van der Waals surface area contributed by atoms with Crippen molar-refractivity contribution in [3.63, 3.8) is 0 Å². The lowest BCUT2D eigenvalue weighted by Crippen LogP contribution is -2.14. The van der Waals surface area contributed by atoms with E-state index in [1.807, 2.05) is 13.0 Å². The van der Waals surface area contributed by atoms with E-state index in [-0.39, 0.29) is 12.5 Å². The number of fused-ring (bicyclic) bond motifs is 1. The normalized spacial score (nSPS) is 12.7. The molecule has 0 unspecified atom stereocenters. The first-order valence-corrected chi connectivity index (χ1v) is 8.03. The van der Waals surface area contributed by atoms with Crippen LogP contribution >= 0.6 is 0 Å². The Labute approximate surface area is 150 Å². The molecular weight excluding hydrogens is 336 g/mol. The van der Waals surface area contributed by atoms with Crippen LogP contribution in [0.4, 0.5) is 0 Å². The van der Waals surface area contributed by atoms with Gasteiger partial charge in [-0.1, -0.05) is 12.1 Å². The van der Waals surface area contributed by atoms with Gasteiger partial charge in [0.05, 0.1) is 12.8 Å².